The number of aryl methyl sites for hydroxylation is 1. The third-order valence-corrected chi connectivity index (χ3v) is 6.06. The summed E-state index contributed by atoms with van der Waals surface area (Å²) >= 11 is 0. The first-order valence-electron chi connectivity index (χ1n) is 10.5. The van der Waals surface area contributed by atoms with Gasteiger partial charge in [-0.1, -0.05) is 12.2 Å². The van der Waals surface area contributed by atoms with Crippen LogP contribution in [0.2, 0.25) is 0 Å². The summed E-state index contributed by atoms with van der Waals surface area (Å²) in [7, 11) is 0. The molecular formula is C26H24N6. The van der Waals surface area contributed by atoms with E-state index in [0.717, 1.165) is 46.0 Å². The third kappa shape index (κ3) is 4.17. The van der Waals surface area contributed by atoms with Crippen molar-refractivity contribution in [2.24, 2.45) is 5.41 Å². The molecule has 1 saturated carbocycles. The summed E-state index contributed by atoms with van der Waals surface area (Å²) in [5, 5.41) is 23.7. The number of nitrogen functional groups attached to an aromatic ring is 1. The van der Waals surface area contributed by atoms with E-state index in [2.05, 4.69) is 47.0 Å². The van der Waals surface area contributed by atoms with Crippen molar-refractivity contribution in [3.63, 3.8) is 0 Å². The molecule has 6 heteroatoms. The van der Waals surface area contributed by atoms with Crippen molar-refractivity contribution >= 4 is 22.3 Å². The maximum absolute atomic E-state index is 9.28. The highest BCUT2D eigenvalue weighted by Gasteiger charge is 2.33. The molecule has 6 nitrogen and oxygen atoms in total. The fraction of sp³-hybridized carbons (Fsp3) is 0.231. The van der Waals surface area contributed by atoms with Crippen molar-refractivity contribution in [1.29, 1.82) is 10.5 Å². The molecule has 1 fully saturated rings. The highest BCUT2D eigenvalue weighted by Crippen LogP contribution is 2.38. The Balaban J connectivity index is 1.55. The molecule has 1 aromatic carbocycles. The van der Waals surface area contributed by atoms with Gasteiger partial charge in [-0.25, -0.2) is 4.98 Å². The maximum atomic E-state index is 9.28. The first-order valence-corrected chi connectivity index (χ1v) is 10.5. The average molecular weight is 421 g/mol. The van der Waals surface area contributed by atoms with Crippen LogP contribution in [0.25, 0.3) is 21.9 Å². The summed E-state index contributed by atoms with van der Waals surface area (Å²) in [4.78, 5) is 8.74. The molecule has 0 radical (unpaired) electrons. The zero-order valence-electron chi connectivity index (χ0n) is 18.0. The molecule has 0 atom stereocenters. The lowest BCUT2D eigenvalue weighted by Crippen LogP contribution is -2.20. The predicted molar refractivity (Wildman–Crippen MR) is 127 cm³/mol. The number of hydrogen-bond acceptors (Lipinski definition) is 6. The number of aromatic nitrogens is 2. The Morgan fingerprint density at radius 1 is 1.19 bits per heavy atom. The van der Waals surface area contributed by atoms with Crippen molar-refractivity contribution in [3.8, 4) is 23.3 Å². The summed E-state index contributed by atoms with van der Waals surface area (Å²) in [6.45, 7) is 6.16. The number of pyridine rings is 2. The van der Waals surface area contributed by atoms with Crippen LogP contribution in [0.15, 0.2) is 66.8 Å². The fourth-order valence-corrected chi connectivity index (χ4v) is 4.11. The van der Waals surface area contributed by atoms with Gasteiger partial charge in [-0.05, 0) is 79.5 Å². The number of nitrogens with two attached hydrogens (primary N) is 1. The molecule has 2 heterocycles. The van der Waals surface area contributed by atoms with Gasteiger partial charge in [0.25, 0.3) is 0 Å². The first kappa shape index (κ1) is 21.1. The number of hydrogen-bond donors (Lipinski definition) is 2. The van der Waals surface area contributed by atoms with Crippen LogP contribution in [0, 0.1) is 35.0 Å². The molecule has 158 valence electrons. The molecule has 0 spiro atoms. The van der Waals surface area contributed by atoms with E-state index in [-0.39, 0.29) is 0 Å². The van der Waals surface area contributed by atoms with Gasteiger partial charge in [0.05, 0.1) is 12.1 Å². The zero-order valence-corrected chi connectivity index (χ0v) is 18.0. The van der Waals surface area contributed by atoms with E-state index in [4.69, 9.17) is 5.73 Å². The quantitative estimate of drug-likeness (QED) is 0.528. The second-order valence-corrected chi connectivity index (χ2v) is 8.31. The third-order valence-electron chi connectivity index (χ3n) is 6.06. The van der Waals surface area contributed by atoms with Crippen molar-refractivity contribution < 1.29 is 0 Å². The molecule has 3 aromatic rings. The van der Waals surface area contributed by atoms with Gasteiger partial charge >= 0.3 is 0 Å². The zero-order chi connectivity index (χ0) is 22.7. The molecular weight excluding hydrogens is 396 g/mol. The molecule has 0 aliphatic heterocycles. The van der Waals surface area contributed by atoms with Crippen molar-refractivity contribution in [3.05, 3.63) is 72.3 Å². The smallest absolute Gasteiger partial charge is 0.144 e. The first-order chi connectivity index (χ1) is 15.4. The van der Waals surface area contributed by atoms with Crippen molar-refractivity contribution in [2.75, 3.05) is 11.1 Å². The molecule has 0 saturated heterocycles. The number of nitrogens with zero attached hydrogens (tertiary/aromatic N) is 4. The standard InChI is InChI=1S/C26H24N6/c1-17-5-8-30-13-22(17)20-10-21-12-25(31-14-23(21)24(29)11-20)32-18(2)9-19-3-6-26(15-27,16-28)7-4-19/h5,8-14H,2-4,6-7,29H2,1H3,(H,31,32). The molecule has 0 unspecified atom stereocenters. The van der Waals surface area contributed by atoms with E-state index < -0.39 is 5.41 Å². The number of rotatable bonds is 4. The fourth-order valence-electron chi connectivity index (χ4n) is 4.11. The van der Waals surface area contributed by atoms with E-state index >= 15 is 0 Å². The second-order valence-electron chi connectivity index (χ2n) is 8.31. The van der Waals surface area contributed by atoms with Gasteiger partial charge in [-0.15, -0.1) is 0 Å². The van der Waals surface area contributed by atoms with Gasteiger partial charge in [0, 0.05) is 40.9 Å². The lowest BCUT2D eigenvalue weighted by atomic mass is 9.74. The van der Waals surface area contributed by atoms with Crippen LogP contribution in [0.3, 0.4) is 0 Å². The highest BCUT2D eigenvalue weighted by atomic mass is 15.0. The van der Waals surface area contributed by atoms with Gasteiger partial charge in [0.15, 0.2) is 0 Å². The number of anilines is 2. The molecule has 1 aliphatic carbocycles. The van der Waals surface area contributed by atoms with Crippen LogP contribution in [0.5, 0.6) is 0 Å². The van der Waals surface area contributed by atoms with Gasteiger partial charge in [-0.3, -0.25) is 4.98 Å². The van der Waals surface area contributed by atoms with E-state index in [1.807, 2.05) is 30.5 Å². The van der Waals surface area contributed by atoms with Gasteiger partial charge < -0.3 is 11.1 Å². The van der Waals surface area contributed by atoms with Crippen molar-refractivity contribution in [2.45, 2.75) is 32.6 Å². The molecule has 1 aliphatic rings. The van der Waals surface area contributed by atoms with Gasteiger partial charge in [0.2, 0.25) is 0 Å². The predicted octanol–water partition coefficient (Wildman–Crippen LogP) is 5.65. The number of benzene rings is 1. The summed E-state index contributed by atoms with van der Waals surface area (Å²) in [6.07, 6.45) is 9.95. The molecule has 4 rings (SSSR count). The summed E-state index contributed by atoms with van der Waals surface area (Å²) in [5.41, 5.74) is 11.2. The molecule has 2 aromatic heterocycles. The van der Waals surface area contributed by atoms with E-state index in [1.165, 1.54) is 5.57 Å². The van der Waals surface area contributed by atoms with Crippen LogP contribution in [-0.2, 0) is 0 Å². The average Bonchev–Trinajstić information content (AvgIpc) is 2.80. The van der Waals surface area contributed by atoms with Crippen LogP contribution in [0.1, 0.15) is 31.2 Å². The normalized spacial score (nSPS) is 14.9. The van der Waals surface area contributed by atoms with Crippen LogP contribution in [0.4, 0.5) is 11.5 Å². The minimum Gasteiger partial charge on any atom is -0.398 e. The Bertz CT molecular complexity index is 1300. The number of nitrogens with one attached hydrogen (secondary N) is 1. The molecule has 3 N–H and O–H groups in total. The van der Waals surface area contributed by atoms with Crippen molar-refractivity contribution in [1.82, 2.24) is 9.97 Å². The Labute approximate surface area is 187 Å². The molecule has 32 heavy (non-hydrogen) atoms. The van der Waals surface area contributed by atoms with E-state index in [1.54, 1.807) is 12.4 Å². The van der Waals surface area contributed by atoms with Gasteiger partial charge in [-0.2, -0.15) is 10.5 Å². The lowest BCUT2D eigenvalue weighted by molar-refractivity contribution is 0.396. The highest BCUT2D eigenvalue weighted by molar-refractivity contribution is 5.97. The Kier molecular flexibility index (Phi) is 5.62. The lowest BCUT2D eigenvalue weighted by Gasteiger charge is -2.25. The van der Waals surface area contributed by atoms with Gasteiger partial charge in [0.1, 0.15) is 11.2 Å². The van der Waals surface area contributed by atoms with E-state index in [0.29, 0.717) is 24.3 Å². The molecule has 0 bridgehead atoms. The number of fused-ring (bicyclic) bond motifs is 1. The largest absolute Gasteiger partial charge is 0.398 e. The SMILES string of the molecule is C=C(C=C1CCC(C#N)(C#N)CC1)Nc1cc2cc(-c3cnccc3C)cc(N)c2cn1. The van der Waals surface area contributed by atoms with E-state index in [9.17, 15) is 10.5 Å². The summed E-state index contributed by atoms with van der Waals surface area (Å²) in [6, 6.07) is 12.3. The minimum atomic E-state index is -0.851. The van der Waals surface area contributed by atoms with Crippen LogP contribution in [-0.4, -0.2) is 9.97 Å². The molecule has 0 amide bonds. The number of nitriles is 2. The number of allylic oxidation sites excluding steroid dienone is 2. The summed E-state index contributed by atoms with van der Waals surface area (Å²) < 4.78 is 0. The Hall–Kier alpha value is -4.16. The topological polar surface area (TPSA) is 111 Å². The summed E-state index contributed by atoms with van der Waals surface area (Å²) in [5.74, 6) is 0.679. The van der Waals surface area contributed by atoms with Crippen LogP contribution >= 0.6 is 0 Å². The Morgan fingerprint density at radius 3 is 2.62 bits per heavy atom. The minimum absolute atomic E-state index is 0.559. The second kappa shape index (κ2) is 8.53. The maximum Gasteiger partial charge on any atom is 0.144 e. The monoisotopic (exact) mass is 420 g/mol. The Morgan fingerprint density at radius 2 is 1.94 bits per heavy atom. The van der Waals surface area contributed by atoms with Crippen LogP contribution < -0.4 is 11.1 Å².